The van der Waals surface area contributed by atoms with Gasteiger partial charge in [0.1, 0.15) is 6.04 Å². The molecule has 2 heterocycles. The number of carboxylic acid groups (broad SMARTS) is 1. The number of nitrogens with zero attached hydrogens (tertiary/aromatic N) is 2. The zero-order valence-corrected chi connectivity index (χ0v) is 11.2. The summed E-state index contributed by atoms with van der Waals surface area (Å²) in [5.74, 6) is -0.979. The van der Waals surface area contributed by atoms with Crippen molar-refractivity contribution in [1.29, 1.82) is 0 Å². The van der Waals surface area contributed by atoms with Crippen molar-refractivity contribution in [2.75, 3.05) is 26.7 Å². The van der Waals surface area contributed by atoms with E-state index in [-0.39, 0.29) is 18.5 Å². The Kier molecular flexibility index (Phi) is 3.38. The van der Waals surface area contributed by atoms with E-state index in [0.717, 1.165) is 0 Å². The van der Waals surface area contributed by atoms with Crippen LogP contribution in [0.4, 0.5) is 4.79 Å². The number of rotatable bonds is 2. The summed E-state index contributed by atoms with van der Waals surface area (Å²) in [5.41, 5.74) is -0.881. The lowest BCUT2D eigenvalue weighted by Gasteiger charge is -2.22. The second-order valence-electron chi connectivity index (χ2n) is 5.59. The lowest BCUT2D eigenvalue weighted by atomic mass is 9.90. The van der Waals surface area contributed by atoms with Gasteiger partial charge < -0.3 is 20.2 Å². The summed E-state index contributed by atoms with van der Waals surface area (Å²) in [4.78, 5) is 37.9. The number of aliphatic carboxylic acids is 1. The van der Waals surface area contributed by atoms with E-state index in [0.29, 0.717) is 25.9 Å². The van der Waals surface area contributed by atoms with Gasteiger partial charge in [-0.15, -0.1) is 0 Å². The third-order valence-corrected chi connectivity index (χ3v) is 4.00. The number of likely N-dealkylation sites (tertiary alicyclic amines) is 2. The van der Waals surface area contributed by atoms with Gasteiger partial charge in [0.15, 0.2) is 0 Å². The van der Waals surface area contributed by atoms with Gasteiger partial charge in [0.25, 0.3) is 0 Å². The summed E-state index contributed by atoms with van der Waals surface area (Å²) in [6.07, 6.45) is 1.04. The molecule has 3 amide bonds. The van der Waals surface area contributed by atoms with Gasteiger partial charge in [0, 0.05) is 26.7 Å². The van der Waals surface area contributed by atoms with Crippen molar-refractivity contribution in [3.8, 4) is 0 Å². The van der Waals surface area contributed by atoms with Crippen molar-refractivity contribution in [2.24, 2.45) is 5.41 Å². The molecule has 0 bridgehead atoms. The lowest BCUT2D eigenvalue weighted by Crippen LogP contribution is -2.47. The predicted octanol–water partition coefficient (Wildman–Crippen LogP) is -0.277. The smallest absolute Gasteiger partial charge is 0.318 e. The summed E-state index contributed by atoms with van der Waals surface area (Å²) in [6.45, 7) is 2.87. The molecule has 2 aliphatic rings. The van der Waals surface area contributed by atoms with Crippen molar-refractivity contribution in [2.45, 2.75) is 25.8 Å². The Morgan fingerprint density at radius 3 is 2.58 bits per heavy atom. The zero-order chi connectivity index (χ0) is 14.2. The van der Waals surface area contributed by atoms with E-state index in [1.54, 1.807) is 18.9 Å². The molecule has 2 rings (SSSR count). The van der Waals surface area contributed by atoms with Crippen LogP contribution >= 0.6 is 0 Å². The molecule has 2 N–H and O–H groups in total. The van der Waals surface area contributed by atoms with Crippen molar-refractivity contribution < 1.29 is 19.5 Å². The quantitative estimate of drug-likeness (QED) is 0.721. The first-order chi connectivity index (χ1) is 8.83. The standard InChI is InChI=1S/C12H19N3O4/c1-12(10(17)18)4-6-15(7-12)11(19)13-8-3-5-14(2)9(8)16/h8H,3-7H2,1-2H3,(H,13,19)(H,17,18). The third-order valence-electron chi connectivity index (χ3n) is 4.00. The molecule has 2 saturated heterocycles. The highest BCUT2D eigenvalue weighted by Gasteiger charge is 2.43. The fourth-order valence-electron chi connectivity index (χ4n) is 2.51. The SMILES string of the molecule is CN1CCC(NC(=O)N2CCC(C)(C(=O)O)C2)C1=O. The lowest BCUT2D eigenvalue weighted by molar-refractivity contribution is -0.147. The number of likely N-dealkylation sites (N-methyl/N-ethyl adjacent to an activating group) is 1. The molecule has 2 aliphatic heterocycles. The highest BCUT2D eigenvalue weighted by Crippen LogP contribution is 2.30. The second kappa shape index (κ2) is 4.71. The van der Waals surface area contributed by atoms with Gasteiger partial charge in [-0.2, -0.15) is 0 Å². The number of urea groups is 1. The monoisotopic (exact) mass is 269 g/mol. The number of hydrogen-bond acceptors (Lipinski definition) is 3. The average Bonchev–Trinajstić information content (AvgIpc) is 2.89. The van der Waals surface area contributed by atoms with Crippen LogP contribution in [-0.4, -0.2) is 65.5 Å². The van der Waals surface area contributed by atoms with Crippen molar-refractivity contribution in [3.05, 3.63) is 0 Å². The van der Waals surface area contributed by atoms with E-state index in [9.17, 15) is 14.4 Å². The van der Waals surface area contributed by atoms with Crippen molar-refractivity contribution in [1.82, 2.24) is 15.1 Å². The number of amides is 3. The molecule has 0 radical (unpaired) electrons. The van der Waals surface area contributed by atoms with Gasteiger partial charge in [-0.25, -0.2) is 4.79 Å². The second-order valence-corrected chi connectivity index (χ2v) is 5.59. The Bertz CT molecular complexity index is 425. The fourth-order valence-corrected chi connectivity index (χ4v) is 2.51. The minimum atomic E-state index is -0.889. The topological polar surface area (TPSA) is 90.0 Å². The van der Waals surface area contributed by atoms with Crippen LogP contribution in [-0.2, 0) is 9.59 Å². The van der Waals surface area contributed by atoms with E-state index in [4.69, 9.17) is 5.11 Å². The van der Waals surface area contributed by atoms with E-state index in [1.807, 2.05) is 0 Å². The molecule has 2 atom stereocenters. The number of nitrogens with one attached hydrogen (secondary N) is 1. The first-order valence-electron chi connectivity index (χ1n) is 6.37. The first-order valence-corrected chi connectivity index (χ1v) is 6.37. The maximum absolute atomic E-state index is 12.0. The molecule has 7 heteroatoms. The Morgan fingerprint density at radius 2 is 2.11 bits per heavy atom. The normalized spacial score (nSPS) is 30.8. The van der Waals surface area contributed by atoms with Crippen LogP contribution < -0.4 is 5.32 Å². The highest BCUT2D eigenvalue weighted by atomic mass is 16.4. The Balaban J connectivity index is 1.92. The number of carboxylic acids is 1. The van der Waals surface area contributed by atoms with Gasteiger partial charge in [-0.1, -0.05) is 0 Å². The highest BCUT2D eigenvalue weighted by molar-refractivity contribution is 5.89. The van der Waals surface area contributed by atoms with Gasteiger partial charge in [0.05, 0.1) is 5.41 Å². The van der Waals surface area contributed by atoms with E-state index < -0.39 is 17.4 Å². The molecular weight excluding hydrogens is 250 g/mol. The maximum Gasteiger partial charge on any atom is 0.318 e. The van der Waals surface area contributed by atoms with Crippen LogP contribution in [0.5, 0.6) is 0 Å². The van der Waals surface area contributed by atoms with Gasteiger partial charge in [-0.3, -0.25) is 9.59 Å². The Morgan fingerprint density at radius 1 is 1.42 bits per heavy atom. The van der Waals surface area contributed by atoms with E-state index in [2.05, 4.69) is 5.32 Å². The summed E-state index contributed by atoms with van der Waals surface area (Å²) >= 11 is 0. The third kappa shape index (κ3) is 2.50. The summed E-state index contributed by atoms with van der Waals surface area (Å²) < 4.78 is 0. The van der Waals surface area contributed by atoms with Gasteiger partial charge in [0.2, 0.25) is 5.91 Å². The number of carbonyl (C=O) groups excluding carboxylic acids is 2. The Hall–Kier alpha value is -1.79. The molecule has 2 unspecified atom stereocenters. The number of carbonyl (C=O) groups is 3. The van der Waals surface area contributed by atoms with Crippen LogP contribution in [0.3, 0.4) is 0 Å². The van der Waals surface area contributed by atoms with Crippen LogP contribution in [0.25, 0.3) is 0 Å². The van der Waals surface area contributed by atoms with Gasteiger partial charge in [-0.05, 0) is 19.8 Å². The van der Waals surface area contributed by atoms with Crippen LogP contribution in [0.1, 0.15) is 19.8 Å². The molecule has 2 fully saturated rings. The minimum Gasteiger partial charge on any atom is -0.481 e. The van der Waals surface area contributed by atoms with E-state index in [1.165, 1.54) is 4.90 Å². The fraction of sp³-hybridized carbons (Fsp3) is 0.750. The van der Waals surface area contributed by atoms with E-state index >= 15 is 0 Å². The predicted molar refractivity (Wildman–Crippen MR) is 66.5 cm³/mol. The van der Waals surface area contributed by atoms with Gasteiger partial charge >= 0.3 is 12.0 Å². The molecular formula is C12H19N3O4. The first kappa shape index (κ1) is 13.6. The molecule has 0 spiro atoms. The summed E-state index contributed by atoms with van der Waals surface area (Å²) in [7, 11) is 1.70. The van der Waals surface area contributed by atoms with Crippen LogP contribution in [0.15, 0.2) is 0 Å². The molecule has 0 aromatic carbocycles. The van der Waals surface area contributed by atoms with Crippen LogP contribution in [0.2, 0.25) is 0 Å². The molecule has 0 aliphatic carbocycles. The molecule has 0 aromatic heterocycles. The average molecular weight is 269 g/mol. The zero-order valence-electron chi connectivity index (χ0n) is 11.2. The Labute approximate surface area is 111 Å². The minimum absolute atomic E-state index is 0.0893. The van der Waals surface area contributed by atoms with Crippen LogP contribution in [0, 0.1) is 5.41 Å². The molecule has 106 valence electrons. The molecule has 7 nitrogen and oxygen atoms in total. The number of hydrogen-bond donors (Lipinski definition) is 2. The molecule has 19 heavy (non-hydrogen) atoms. The summed E-state index contributed by atoms with van der Waals surface area (Å²) in [5, 5.41) is 11.8. The van der Waals surface area contributed by atoms with Crippen molar-refractivity contribution in [3.63, 3.8) is 0 Å². The largest absolute Gasteiger partial charge is 0.481 e. The van der Waals surface area contributed by atoms with Crippen molar-refractivity contribution >= 4 is 17.9 Å². The molecule has 0 aromatic rings. The maximum atomic E-state index is 12.0. The summed E-state index contributed by atoms with van der Waals surface area (Å²) in [6, 6.07) is -0.826. The molecule has 0 saturated carbocycles.